The molecule has 0 heterocycles. The Kier molecular flexibility index (Phi) is 7.94. The number of carbonyl (C=O) groups is 1. The largest absolute Gasteiger partial charge is 0.393 e. The zero-order valence-corrected chi connectivity index (χ0v) is 12.6. The first-order valence-corrected chi connectivity index (χ1v) is 7.92. The Morgan fingerprint density at radius 1 is 1.53 bits per heavy atom. The van der Waals surface area contributed by atoms with Gasteiger partial charge in [0.25, 0.3) is 0 Å². The SMILES string of the molecule is CCC(O)CCNC(=O)CSCc1cccc(Cl)c1. The van der Waals surface area contributed by atoms with Crippen molar-refractivity contribution in [3.8, 4) is 0 Å². The number of aliphatic hydroxyl groups is 1. The zero-order valence-electron chi connectivity index (χ0n) is 11.1. The Morgan fingerprint density at radius 2 is 2.32 bits per heavy atom. The molecule has 0 aliphatic heterocycles. The van der Waals surface area contributed by atoms with Gasteiger partial charge in [-0.05, 0) is 30.5 Å². The van der Waals surface area contributed by atoms with Crippen LogP contribution in [-0.4, -0.2) is 29.4 Å². The van der Waals surface area contributed by atoms with Crippen LogP contribution in [0.1, 0.15) is 25.3 Å². The fourth-order valence-corrected chi connectivity index (χ4v) is 2.54. The van der Waals surface area contributed by atoms with Gasteiger partial charge in [0.1, 0.15) is 0 Å². The highest BCUT2D eigenvalue weighted by Crippen LogP contribution is 2.16. The molecule has 5 heteroatoms. The van der Waals surface area contributed by atoms with Crippen LogP contribution >= 0.6 is 23.4 Å². The molecule has 1 unspecified atom stereocenters. The second-order valence-corrected chi connectivity index (χ2v) is 5.75. The lowest BCUT2D eigenvalue weighted by Gasteiger charge is -2.08. The van der Waals surface area contributed by atoms with E-state index in [2.05, 4.69) is 5.32 Å². The van der Waals surface area contributed by atoms with Crippen molar-refractivity contribution in [1.82, 2.24) is 5.32 Å². The topological polar surface area (TPSA) is 49.3 Å². The fourth-order valence-electron chi connectivity index (χ4n) is 1.52. The van der Waals surface area contributed by atoms with Crippen molar-refractivity contribution in [3.63, 3.8) is 0 Å². The summed E-state index contributed by atoms with van der Waals surface area (Å²) < 4.78 is 0. The molecule has 1 aromatic rings. The molecule has 3 nitrogen and oxygen atoms in total. The molecular weight excluding hydrogens is 282 g/mol. The molecule has 0 saturated heterocycles. The predicted octanol–water partition coefficient (Wildman–Crippen LogP) is 2.85. The van der Waals surface area contributed by atoms with Crippen molar-refractivity contribution in [3.05, 3.63) is 34.9 Å². The van der Waals surface area contributed by atoms with Gasteiger partial charge in [-0.1, -0.05) is 30.7 Å². The summed E-state index contributed by atoms with van der Waals surface area (Å²) in [6.45, 7) is 2.46. The van der Waals surface area contributed by atoms with E-state index >= 15 is 0 Å². The Balaban J connectivity index is 2.13. The highest BCUT2D eigenvalue weighted by molar-refractivity contribution is 7.99. The normalized spacial score (nSPS) is 12.2. The number of amides is 1. The van der Waals surface area contributed by atoms with E-state index in [1.165, 1.54) is 0 Å². The third-order valence-electron chi connectivity index (χ3n) is 2.66. The van der Waals surface area contributed by atoms with E-state index in [4.69, 9.17) is 11.6 Å². The van der Waals surface area contributed by atoms with Crippen LogP contribution < -0.4 is 5.32 Å². The number of hydrogen-bond acceptors (Lipinski definition) is 3. The summed E-state index contributed by atoms with van der Waals surface area (Å²) in [7, 11) is 0. The number of rotatable bonds is 8. The molecule has 0 aromatic heterocycles. The van der Waals surface area contributed by atoms with Gasteiger partial charge in [-0.25, -0.2) is 0 Å². The van der Waals surface area contributed by atoms with Crippen LogP contribution in [0.5, 0.6) is 0 Å². The molecule has 106 valence electrons. The van der Waals surface area contributed by atoms with Crippen LogP contribution in [0.15, 0.2) is 24.3 Å². The molecule has 0 spiro atoms. The van der Waals surface area contributed by atoms with E-state index in [1.54, 1.807) is 11.8 Å². The first kappa shape index (κ1) is 16.3. The van der Waals surface area contributed by atoms with E-state index in [1.807, 2.05) is 31.2 Å². The summed E-state index contributed by atoms with van der Waals surface area (Å²) in [6.07, 6.45) is 1.01. The number of aliphatic hydroxyl groups excluding tert-OH is 1. The van der Waals surface area contributed by atoms with Gasteiger partial charge in [0, 0.05) is 17.3 Å². The molecule has 19 heavy (non-hydrogen) atoms. The Bertz CT molecular complexity index is 401. The molecule has 0 aliphatic carbocycles. The van der Waals surface area contributed by atoms with E-state index in [-0.39, 0.29) is 12.0 Å². The fraction of sp³-hybridized carbons (Fsp3) is 0.500. The van der Waals surface area contributed by atoms with Gasteiger partial charge in [0.15, 0.2) is 0 Å². The maximum absolute atomic E-state index is 11.5. The third kappa shape index (κ3) is 7.45. The zero-order chi connectivity index (χ0) is 14.1. The van der Waals surface area contributed by atoms with Crippen LogP contribution in [0.2, 0.25) is 5.02 Å². The average Bonchev–Trinajstić information content (AvgIpc) is 2.38. The van der Waals surface area contributed by atoms with E-state index in [0.29, 0.717) is 18.7 Å². The predicted molar refractivity (Wildman–Crippen MR) is 81.5 cm³/mol. The van der Waals surface area contributed by atoms with Crippen molar-refractivity contribution in [1.29, 1.82) is 0 Å². The number of halogens is 1. The molecule has 1 amide bonds. The number of nitrogens with one attached hydrogen (secondary N) is 1. The molecule has 0 fully saturated rings. The maximum Gasteiger partial charge on any atom is 0.230 e. The summed E-state index contributed by atoms with van der Waals surface area (Å²) in [4.78, 5) is 11.5. The van der Waals surface area contributed by atoms with Crippen molar-refractivity contribution >= 4 is 29.3 Å². The molecular formula is C14H20ClNO2S. The Labute approximate surface area is 123 Å². The highest BCUT2D eigenvalue weighted by Gasteiger charge is 2.04. The number of benzene rings is 1. The van der Waals surface area contributed by atoms with Gasteiger partial charge in [-0.2, -0.15) is 0 Å². The van der Waals surface area contributed by atoms with Crippen LogP contribution in [0.25, 0.3) is 0 Å². The summed E-state index contributed by atoms with van der Waals surface area (Å²) >= 11 is 7.44. The van der Waals surface area contributed by atoms with Gasteiger partial charge in [-0.15, -0.1) is 11.8 Å². The van der Waals surface area contributed by atoms with Gasteiger partial charge in [0.2, 0.25) is 5.91 Å². The summed E-state index contributed by atoms with van der Waals surface area (Å²) in [6, 6.07) is 7.64. The number of thioether (sulfide) groups is 1. The summed E-state index contributed by atoms with van der Waals surface area (Å²) in [5.74, 6) is 1.20. The van der Waals surface area contributed by atoms with Crippen LogP contribution in [0, 0.1) is 0 Å². The monoisotopic (exact) mass is 301 g/mol. The minimum Gasteiger partial charge on any atom is -0.393 e. The first-order valence-electron chi connectivity index (χ1n) is 6.38. The minimum absolute atomic E-state index is 0.00957. The lowest BCUT2D eigenvalue weighted by atomic mass is 10.2. The summed E-state index contributed by atoms with van der Waals surface area (Å²) in [5.41, 5.74) is 1.12. The van der Waals surface area contributed by atoms with Crippen LogP contribution in [-0.2, 0) is 10.5 Å². The second kappa shape index (κ2) is 9.23. The smallest absolute Gasteiger partial charge is 0.230 e. The Hall–Kier alpha value is -0.710. The lowest BCUT2D eigenvalue weighted by molar-refractivity contribution is -0.118. The van der Waals surface area contributed by atoms with Crippen molar-refractivity contribution in [2.24, 2.45) is 0 Å². The number of hydrogen-bond donors (Lipinski definition) is 2. The molecule has 1 aromatic carbocycles. The Morgan fingerprint density at radius 3 is 3.00 bits per heavy atom. The molecule has 1 rings (SSSR count). The van der Waals surface area contributed by atoms with E-state index in [9.17, 15) is 9.90 Å². The van der Waals surface area contributed by atoms with Crippen molar-refractivity contribution < 1.29 is 9.90 Å². The van der Waals surface area contributed by atoms with Crippen molar-refractivity contribution in [2.45, 2.75) is 31.6 Å². The van der Waals surface area contributed by atoms with Crippen LogP contribution in [0.3, 0.4) is 0 Å². The highest BCUT2D eigenvalue weighted by atomic mass is 35.5. The molecule has 2 N–H and O–H groups in total. The van der Waals surface area contributed by atoms with Gasteiger partial charge >= 0.3 is 0 Å². The lowest BCUT2D eigenvalue weighted by Crippen LogP contribution is -2.28. The van der Waals surface area contributed by atoms with Crippen LogP contribution in [0.4, 0.5) is 0 Å². The maximum atomic E-state index is 11.5. The quantitative estimate of drug-likeness (QED) is 0.776. The molecule has 0 aliphatic rings. The molecule has 0 bridgehead atoms. The van der Waals surface area contributed by atoms with Gasteiger partial charge < -0.3 is 10.4 Å². The van der Waals surface area contributed by atoms with Gasteiger partial charge in [-0.3, -0.25) is 4.79 Å². The second-order valence-electron chi connectivity index (χ2n) is 4.32. The molecule has 0 saturated carbocycles. The average molecular weight is 302 g/mol. The first-order chi connectivity index (χ1) is 9.11. The van der Waals surface area contributed by atoms with E-state index in [0.717, 1.165) is 22.8 Å². The van der Waals surface area contributed by atoms with Gasteiger partial charge in [0.05, 0.1) is 11.9 Å². The molecule has 1 atom stereocenters. The third-order valence-corrected chi connectivity index (χ3v) is 3.90. The minimum atomic E-state index is -0.320. The molecule has 0 radical (unpaired) electrons. The van der Waals surface area contributed by atoms with E-state index < -0.39 is 0 Å². The summed E-state index contributed by atoms with van der Waals surface area (Å²) in [5, 5.41) is 12.9. The number of carbonyl (C=O) groups excluding carboxylic acids is 1. The van der Waals surface area contributed by atoms with Crippen molar-refractivity contribution in [2.75, 3.05) is 12.3 Å². The standard InChI is InChI=1S/C14H20ClNO2S/c1-2-13(17)6-7-16-14(18)10-19-9-11-4-3-5-12(15)8-11/h3-5,8,13,17H,2,6-7,9-10H2,1H3,(H,16,18).